The molecule has 0 aliphatic rings. The lowest BCUT2D eigenvalue weighted by Gasteiger charge is -2.08. The maximum atomic E-state index is 5.91. The summed E-state index contributed by atoms with van der Waals surface area (Å²) in [5, 5.41) is 0.946. The van der Waals surface area contributed by atoms with Crippen LogP contribution in [-0.2, 0) is 0 Å². The SMILES string of the molecule is CCOc1ccc(-c2c(I)oc3cc(OC)cc(OC)c23)cc1. The third kappa shape index (κ3) is 2.97. The first kappa shape index (κ1) is 16.0. The summed E-state index contributed by atoms with van der Waals surface area (Å²) in [6, 6.07) is 11.7. The standard InChI is InChI=1S/C18H17IO4/c1-4-22-12-7-5-11(6-8-12)16-17-14(21-3)9-13(20-2)10-15(17)23-18(16)19/h5-10H,4H2,1-3H3. The van der Waals surface area contributed by atoms with Crippen LogP contribution >= 0.6 is 22.6 Å². The van der Waals surface area contributed by atoms with Gasteiger partial charge in [0.25, 0.3) is 0 Å². The summed E-state index contributed by atoms with van der Waals surface area (Å²) in [4.78, 5) is 0. The van der Waals surface area contributed by atoms with Crippen molar-refractivity contribution in [2.45, 2.75) is 6.92 Å². The van der Waals surface area contributed by atoms with Gasteiger partial charge in [-0.3, -0.25) is 0 Å². The summed E-state index contributed by atoms with van der Waals surface area (Å²) < 4.78 is 23.1. The van der Waals surface area contributed by atoms with E-state index in [4.69, 9.17) is 18.6 Å². The van der Waals surface area contributed by atoms with E-state index in [0.29, 0.717) is 12.4 Å². The molecule has 23 heavy (non-hydrogen) atoms. The van der Waals surface area contributed by atoms with E-state index >= 15 is 0 Å². The average molecular weight is 424 g/mol. The van der Waals surface area contributed by atoms with Gasteiger partial charge >= 0.3 is 0 Å². The molecule has 0 bridgehead atoms. The van der Waals surface area contributed by atoms with E-state index in [-0.39, 0.29) is 0 Å². The Morgan fingerprint density at radius 1 is 1.00 bits per heavy atom. The number of rotatable bonds is 5. The smallest absolute Gasteiger partial charge is 0.173 e. The quantitative estimate of drug-likeness (QED) is 0.534. The third-order valence-electron chi connectivity index (χ3n) is 3.60. The van der Waals surface area contributed by atoms with Crippen LogP contribution in [0.2, 0.25) is 0 Å². The molecule has 3 aromatic rings. The fraction of sp³-hybridized carbons (Fsp3) is 0.222. The van der Waals surface area contributed by atoms with Gasteiger partial charge in [0, 0.05) is 40.3 Å². The number of halogens is 1. The van der Waals surface area contributed by atoms with Gasteiger partial charge in [-0.1, -0.05) is 12.1 Å². The summed E-state index contributed by atoms with van der Waals surface area (Å²) in [5.41, 5.74) is 2.82. The Labute approximate surface area is 148 Å². The average Bonchev–Trinajstić information content (AvgIpc) is 2.90. The van der Waals surface area contributed by atoms with Gasteiger partial charge in [0.2, 0.25) is 0 Å². The van der Waals surface area contributed by atoms with Crippen LogP contribution < -0.4 is 14.2 Å². The summed E-state index contributed by atoms with van der Waals surface area (Å²) in [6.07, 6.45) is 0. The summed E-state index contributed by atoms with van der Waals surface area (Å²) in [5.74, 6) is 2.29. The number of hydrogen-bond acceptors (Lipinski definition) is 4. The highest BCUT2D eigenvalue weighted by Crippen LogP contribution is 2.43. The molecular formula is C18H17IO4. The Morgan fingerprint density at radius 3 is 2.35 bits per heavy atom. The molecule has 0 spiro atoms. The van der Waals surface area contributed by atoms with Crippen molar-refractivity contribution in [1.82, 2.24) is 0 Å². The molecule has 0 amide bonds. The number of ether oxygens (including phenoxy) is 3. The van der Waals surface area contributed by atoms with Crippen LogP contribution in [0.15, 0.2) is 40.8 Å². The first-order valence-corrected chi connectivity index (χ1v) is 8.33. The number of methoxy groups -OCH3 is 2. The zero-order valence-electron chi connectivity index (χ0n) is 13.2. The first-order chi connectivity index (χ1) is 11.2. The van der Waals surface area contributed by atoms with Gasteiger partial charge in [-0.15, -0.1) is 0 Å². The molecule has 0 N–H and O–H groups in total. The summed E-state index contributed by atoms with van der Waals surface area (Å²) in [7, 11) is 3.28. The maximum absolute atomic E-state index is 5.91. The Hall–Kier alpha value is -1.89. The van der Waals surface area contributed by atoms with Crippen molar-refractivity contribution in [2.75, 3.05) is 20.8 Å². The summed E-state index contributed by atoms with van der Waals surface area (Å²) >= 11 is 2.20. The molecular weight excluding hydrogens is 407 g/mol. The lowest BCUT2D eigenvalue weighted by Crippen LogP contribution is -1.91. The van der Waals surface area contributed by atoms with Crippen molar-refractivity contribution in [3.63, 3.8) is 0 Å². The molecule has 120 valence electrons. The largest absolute Gasteiger partial charge is 0.496 e. The molecule has 0 unspecified atom stereocenters. The molecule has 0 aliphatic heterocycles. The van der Waals surface area contributed by atoms with Gasteiger partial charge in [0.05, 0.1) is 26.2 Å². The second-order valence-electron chi connectivity index (χ2n) is 4.91. The lowest BCUT2D eigenvalue weighted by atomic mass is 10.0. The van der Waals surface area contributed by atoms with Crippen molar-refractivity contribution in [3.05, 3.63) is 40.2 Å². The van der Waals surface area contributed by atoms with E-state index in [9.17, 15) is 0 Å². The fourth-order valence-corrected chi connectivity index (χ4v) is 3.38. The Kier molecular flexibility index (Phi) is 4.66. The zero-order chi connectivity index (χ0) is 16.4. The zero-order valence-corrected chi connectivity index (χ0v) is 15.3. The Bertz CT molecular complexity index is 821. The number of hydrogen-bond donors (Lipinski definition) is 0. The molecule has 4 nitrogen and oxygen atoms in total. The monoisotopic (exact) mass is 424 g/mol. The van der Waals surface area contributed by atoms with Crippen LogP contribution in [0.4, 0.5) is 0 Å². The van der Waals surface area contributed by atoms with Crippen LogP contribution in [0.25, 0.3) is 22.1 Å². The minimum Gasteiger partial charge on any atom is -0.496 e. The molecule has 0 aliphatic carbocycles. The fourth-order valence-electron chi connectivity index (χ4n) is 2.56. The third-order valence-corrected chi connectivity index (χ3v) is 4.35. The molecule has 2 aromatic carbocycles. The molecule has 0 radical (unpaired) electrons. The van der Waals surface area contributed by atoms with Gasteiger partial charge in [-0.25, -0.2) is 0 Å². The molecule has 1 heterocycles. The van der Waals surface area contributed by atoms with E-state index in [0.717, 1.165) is 37.4 Å². The van der Waals surface area contributed by atoms with Gasteiger partial charge in [-0.2, -0.15) is 0 Å². The minimum atomic E-state index is 0.652. The number of benzene rings is 2. The van der Waals surface area contributed by atoms with Crippen molar-refractivity contribution >= 4 is 33.6 Å². The van der Waals surface area contributed by atoms with E-state index in [2.05, 4.69) is 22.6 Å². The van der Waals surface area contributed by atoms with Crippen molar-refractivity contribution in [3.8, 4) is 28.4 Å². The van der Waals surface area contributed by atoms with Gasteiger partial charge in [0.1, 0.15) is 22.8 Å². The van der Waals surface area contributed by atoms with Crippen LogP contribution in [0.3, 0.4) is 0 Å². The van der Waals surface area contributed by atoms with Crippen molar-refractivity contribution < 1.29 is 18.6 Å². The van der Waals surface area contributed by atoms with Crippen LogP contribution in [0.1, 0.15) is 6.92 Å². The first-order valence-electron chi connectivity index (χ1n) is 7.25. The van der Waals surface area contributed by atoms with Crippen molar-refractivity contribution in [1.29, 1.82) is 0 Å². The molecule has 0 saturated carbocycles. The summed E-state index contributed by atoms with van der Waals surface area (Å²) in [6.45, 7) is 2.62. The predicted molar refractivity (Wildman–Crippen MR) is 98.6 cm³/mol. The van der Waals surface area contributed by atoms with Crippen LogP contribution in [0.5, 0.6) is 17.2 Å². The minimum absolute atomic E-state index is 0.652. The highest BCUT2D eigenvalue weighted by atomic mass is 127. The van der Waals surface area contributed by atoms with Crippen molar-refractivity contribution in [2.24, 2.45) is 0 Å². The Balaban J connectivity index is 2.18. The normalized spacial score (nSPS) is 10.8. The van der Waals surface area contributed by atoms with Gasteiger partial charge < -0.3 is 18.6 Å². The number of fused-ring (bicyclic) bond motifs is 1. The molecule has 0 atom stereocenters. The maximum Gasteiger partial charge on any atom is 0.173 e. The highest BCUT2D eigenvalue weighted by Gasteiger charge is 2.19. The Morgan fingerprint density at radius 2 is 1.74 bits per heavy atom. The van der Waals surface area contributed by atoms with E-state index in [1.165, 1.54) is 0 Å². The van der Waals surface area contributed by atoms with Crippen LogP contribution in [-0.4, -0.2) is 20.8 Å². The molecule has 0 saturated heterocycles. The predicted octanol–water partition coefficient (Wildman–Crippen LogP) is 5.12. The lowest BCUT2D eigenvalue weighted by molar-refractivity contribution is 0.340. The molecule has 0 fully saturated rings. The van der Waals surface area contributed by atoms with E-state index in [1.807, 2.05) is 43.3 Å². The molecule has 3 rings (SSSR count). The second kappa shape index (κ2) is 6.70. The van der Waals surface area contributed by atoms with E-state index < -0.39 is 0 Å². The molecule has 1 aromatic heterocycles. The van der Waals surface area contributed by atoms with Crippen LogP contribution in [0, 0.1) is 3.77 Å². The highest BCUT2D eigenvalue weighted by molar-refractivity contribution is 14.1. The molecule has 5 heteroatoms. The number of furan rings is 1. The topological polar surface area (TPSA) is 40.8 Å². The van der Waals surface area contributed by atoms with E-state index in [1.54, 1.807) is 14.2 Å². The van der Waals surface area contributed by atoms with Gasteiger partial charge in [-0.05, 0) is 24.6 Å². The second-order valence-corrected chi connectivity index (χ2v) is 5.89. The van der Waals surface area contributed by atoms with Gasteiger partial charge in [0.15, 0.2) is 3.77 Å².